The molecule has 6 nitrogen and oxygen atoms in total. The molecule has 0 fully saturated rings. The third-order valence-corrected chi connectivity index (χ3v) is 4.10. The molecule has 0 saturated carbocycles. The first-order chi connectivity index (χ1) is 11.6. The Morgan fingerprint density at radius 1 is 1.16 bits per heavy atom. The molecule has 0 saturated heterocycles. The summed E-state index contributed by atoms with van der Waals surface area (Å²) in [6.07, 6.45) is 2.57. The Kier molecular flexibility index (Phi) is 4.94. The van der Waals surface area contributed by atoms with Crippen molar-refractivity contribution in [1.29, 1.82) is 0 Å². The van der Waals surface area contributed by atoms with Crippen LogP contribution in [0.3, 0.4) is 0 Å². The summed E-state index contributed by atoms with van der Waals surface area (Å²) >= 11 is 0. The number of ether oxygens (including phenoxy) is 2. The monoisotopic (exact) mass is 344 g/mol. The molecule has 1 aromatic rings. The predicted octanol–water partition coefficient (Wildman–Crippen LogP) is 2.03. The van der Waals surface area contributed by atoms with E-state index in [0.29, 0.717) is 0 Å². The Balaban J connectivity index is 2.35. The summed E-state index contributed by atoms with van der Waals surface area (Å²) in [5, 5.41) is 10.7. The molecule has 6 heteroatoms. The zero-order valence-electron chi connectivity index (χ0n) is 14.5. The molecule has 1 N–H and O–H groups in total. The van der Waals surface area contributed by atoms with Gasteiger partial charge in [-0.2, -0.15) is 0 Å². The van der Waals surface area contributed by atoms with Gasteiger partial charge in [-0.05, 0) is 32.4 Å². The number of rotatable bonds is 4. The van der Waals surface area contributed by atoms with E-state index in [1.54, 1.807) is 24.3 Å². The molecule has 2 rings (SSSR count). The van der Waals surface area contributed by atoms with Crippen molar-refractivity contribution in [3.8, 4) is 0 Å². The van der Waals surface area contributed by atoms with Gasteiger partial charge in [0.1, 0.15) is 0 Å². The number of ketones is 2. The number of allylic oxidation sites excluding steroid dienone is 1. The van der Waals surface area contributed by atoms with E-state index >= 15 is 0 Å². The Morgan fingerprint density at radius 3 is 2.32 bits per heavy atom. The van der Waals surface area contributed by atoms with E-state index in [-0.39, 0.29) is 11.3 Å². The molecule has 0 amide bonds. The average molecular weight is 344 g/mol. The van der Waals surface area contributed by atoms with Gasteiger partial charge in [0.05, 0.1) is 12.5 Å². The minimum Gasteiger partial charge on any atom is -0.493 e. The number of carbonyl (C=O) groups excluding carboxylic acids is 3. The molecule has 0 aliphatic heterocycles. The second kappa shape index (κ2) is 6.64. The number of hydrogen-bond donors (Lipinski definition) is 1. The first-order valence-corrected chi connectivity index (χ1v) is 7.68. The molecule has 1 aliphatic rings. The summed E-state index contributed by atoms with van der Waals surface area (Å²) in [5.41, 5.74) is -0.755. The molecule has 0 bridgehead atoms. The van der Waals surface area contributed by atoms with Gasteiger partial charge in [0, 0.05) is 11.6 Å². The summed E-state index contributed by atoms with van der Waals surface area (Å²) in [4.78, 5) is 37.0. The van der Waals surface area contributed by atoms with Gasteiger partial charge in [-0.1, -0.05) is 30.3 Å². The van der Waals surface area contributed by atoms with Gasteiger partial charge in [0.2, 0.25) is 5.78 Å². The molecule has 1 unspecified atom stereocenters. The molecule has 1 atom stereocenters. The molecule has 1 aliphatic carbocycles. The first-order valence-electron chi connectivity index (χ1n) is 7.68. The van der Waals surface area contributed by atoms with Crippen molar-refractivity contribution in [2.24, 2.45) is 5.41 Å². The lowest BCUT2D eigenvalue weighted by molar-refractivity contribution is -0.211. The highest BCUT2D eigenvalue weighted by Gasteiger charge is 2.59. The van der Waals surface area contributed by atoms with E-state index in [1.807, 2.05) is 6.07 Å². The predicted molar refractivity (Wildman–Crippen MR) is 90.0 cm³/mol. The normalized spacial score (nSPS) is 23.1. The fourth-order valence-corrected chi connectivity index (χ4v) is 2.75. The summed E-state index contributed by atoms with van der Waals surface area (Å²) in [7, 11) is 1.19. The number of aliphatic hydroxyl groups is 1. The van der Waals surface area contributed by atoms with Crippen LogP contribution < -0.4 is 0 Å². The summed E-state index contributed by atoms with van der Waals surface area (Å²) in [6.45, 7) is 4.15. The third kappa shape index (κ3) is 3.25. The van der Waals surface area contributed by atoms with Gasteiger partial charge < -0.3 is 14.6 Å². The van der Waals surface area contributed by atoms with Crippen LogP contribution in [0.15, 0.2) is 47.7 Å². The van der Waals surface area contributed by atoms with Crippen LogP contribution >= 0.6 is 0 Å². The number of methoxy groups -OCH3 is 1. The highest BCUT2D eigenvalue weighted by molar-refractivity contribution is 6.19. The largest absolute Gasteiger partial charge is 0.493 e. The zero-order valence-corrected chi connectivity index (χ0v) is 14.5. The Hall–Kier alpha value is -2.73. The van der Waals surface area contributed by atoms with Crippen LogP contribution in [-0.4, -0.2) is 35.5 Å². The molecular formula is C19H20O6. The van der Waals surface area contributed by atoms with Crippen molar-refractivity contribution in [1.82, 2.24) is 0 Å². The summed E-state index contributed by atoms with van der Waals surface area (Å²) in [6, 6.07) is 8.98. The molecule has 0 heterocycles. The van der Waals surface area contributed by atoms with Gasteiger partial charge in [-0.3, -0.25) is 9.59 Å². The molecular weight excluding hydrogens is 324 g/mol. The van der Waals surface area contributed by atoms with Crippen LogP contribution in [0.25, 0.3) is 6.08 Å². The topological polar surface area (TPSA) is 89.9 Å². The number of benzene rings is 1. The van der Waals surface area contributed by atoms with Crippen molar-refractivity contribution in [2.45, 2.75) is 26.6 Å². The Labute approximate surface area is 145 Å². The fraction of sp³-hybridized carbons (Fsp3) is 0.316. The van der Waals surface area contributed by atoms with Crippen LogP contribution in [0.2, 0.25) is 0 Å². The zero-order chi connectivity index (χ0) is 18.8. The first kappa shape index (κ1) is 18.6. The third-order valence-electron chi connectivity index (χ3n) is 4.10. The van der Waals surface area contributed by atoms with Crippen LogP contribution in [0.1, 0.15) is 26.3 Å². The van der Waals surface area contributed by atoms with Gasteiger partial charge in [-0.25, -0.2) is 4.79 Å². The van der Waals surface area contributed by atoms with Crippen LogP contribution in [0, 0.1) is 5.41 Å². The average Bonchev–Trinajstić information content (AvgIpc) is 2.58. The Bertz CT molecular complexity index is 772. The maximum absolute atomic E-state index is 12.6. The lowest BCUT2D eigenvalue weighted by Gasteiger charge is -2.38. The van der Waals surface area contributed by atoms with Crippen molar-refractivity contribution in [3.05, 3.63) is 53.3 Å². The molecule has 132 valence electrons. The minimum atomic E-state index is -2.64. The Morgan fingerprint density at radius 2 is 1.76 bits per heavy atom. The second-order valence-electron chi connectivity index (χ2n) is 6.25. The fourth-order valence-electron chi connectivity index (χ4n) is 2.75. The minimum absolute atomic E-state index is 0.0365. The van der Waals surface area contributed by atoms with Crippen LogP contribution in [-0.2, 0) is 23.9 Å². The van der Waals surface area contributed by atoms with E-state index in [9.17, 15) is 19.5 Å². The van der Waals surface area contributed by atoms with E-state index < -0.39 is 28.7 Å². The highest BCUT2D eigenvalue weighted by Crippen LogP contribution is 2.40. The number of Topliss-reactive ketones (excluding diaryl/α,β-unsaturated/α-hetero) is 2. The summed E-state index contributed by atoms with van der Waals surface area (Å²) < 4.78 is 10.0. The van der Waals surface area contributed by atoms with Gasteiger partial charge in [0.25, 0.3) is 0 Å². The SMILES string of the molecule is COC1=C(C)C(=O)C(C)(C)C(=O)C1(O)OC(=O)/C=C/c1ccccc1. The number of hydrogen-bond acceptors (Lipinski definition) is 6. The number of carbonyl (C=O) groups is 3. The lowest BCUT2D eigenvalue weighted by Crippen LogP contribution is -2.57. The highest BCUT2D eigenvalue weighted by atomic mass is 16.7. The van der Waals surface area contributed by atoms with E-state index in [1.165, 1.54) is 34.0 Å². The number of esters is 1. The van der Waals surface area contributed by atoms with Crippen molar-refractivity contribution >= 4 is 23.6 Å². The van der Waals surface area contributed by atoms with E-state index in [0.717, 1.165) is 11.6 Å². The summed E-state index contributed by atoms with van der Waals surface area (Å²) in [5.74, 6) is -5.40. The second-order valence-corrected chi connectivity index (χ2v) is 6.25. The maximum Gasteiger partial charge on any atom is 0.334 e. The van der Waals surface area contributed by atoms with Crippen molar-refractivity contribution in [3.63, 3.8) is 0 Å². The molecule has 0 spiro atoms. The van der Waals surface area contributed by atoms with E-state index in [4.69, 9.17) is 9.47 Å². The standard InChI is InChI=1S/C19H20O6/c1-12-15(21)18(2,3)17(22)19(23,16(12)24-4)25-14(20)11-10-13-8-6-5-7-9-13/h5-11,23H,1-4H3/b11-10+. The molecule has 25 heavy (non-hydrogen) atoms. The lowest BCUT2D eigenvalue weighted by atomic mass is 9.71. The molecule has 0 aromatic heterocycles. The quantitative estimate of drug-likeness (QED) is 0.389. The van der Waals surface area contributed by atoms with E-state index in [2.05, 4.69) is 0 Å². The van der Waals surface area contributed by atoms with Gasteiger partial charge in [-0.15, -0.1) is 0 Å². The maximum atomic E-state index is 12.6. The van der Waals surface area contributed by atoms with Crippen molar-refractivity contribution < 1.29 is 29.0 Å². The van der Waals surface area contributed by atoms with Crippen LogP contribution in [0.4, 0.5) is 0 Å². The van der Waals surface area contributed by atoms with Gasteiger partial charge in [0.15, 0.2) is 11.5 Å². The molecule has 1 aromatic carbocycles. The van der Waals surface area contributed by atoms with Gasteiger partial charge >= 0.3 is 11.8 Å². The van der Waals surface area contributed by atoms with Crippen molar-refractivity contribution in [2.75, 3.05) is 7.11 Å². The smallest absolute Gasteiger partial charge is 0.334 e. The van der Waals surface area contributed by atoms with Crippen LogP contribution in [0.5, 0.6) is 0 Å². The molecule has 0 radical (unpaired) electrons.